The largest absolute Gasteiger partial charge is 0.508 e. The van der Waals surface area contributed by atoms with Crippen LogP contribution in [0.15, 0.2) is 52.4 Å². The van der Waals surface area contributed by atoms with E-state index in [0.29, 0.717) is 23.8 Å². The van der Waals surface area contributed by atoms with Gasteiger partial charge >= 0.3 is 0 Å². The first-order chi connectivity index (χ1) is 13.5. The highest BCUT2D eigenvalue weighted by molar-refractivity contribution is 7.89. The highest BCUT2D eigenvalue weighted by atomic mass is 32.2. The van der Waals surface area contributed by atoms with E-state index in [1.807, 2.05) is 0 Å². The van der Waals surface area contributed by atoms with E-state index in [9.17, 15) is 27.1 Å². The van der Waals surface area contributed by atoms with Gasteiger partial charge in [-0.05, 0) is 36.8 Å². The number of carbonyl (C=O) groups excluding carboxylic acids is 1. The number of benzene rings is 2. The number of sulfonamides is 1. The Morgan fingerprint density at radius 1 is 1.21 bits per heavy atom. The van der Waals surface area contributed by atoms with Crippen LogP contribution in [-0.4, -0.2) is 42.4 Å². The molecule has 2 aromatic rings. The number of carbonyl (C=O) groups is 1. The standard InChI is InChI=1S/C18H18F2N4O4S/c1-18(10-22-29(27,28)15-7-12(19)6-13(20)8-15)16(26)24(17(21)23-18)9-11-3-2-4-14(25)5-11/h2-8,22,25H,9-10H2,1H3,(H2,21,23). The van der Waals surface area contributed by atoms with Gasteiger partial charge in [0.1, 0.15) is 17.4 Å². The third-order valence-electron chi connectivity index (χ3n) is 4.35. The molecule has 1 aliphatic heterocycles. The number of nitrogens with one attached hydrogen (secondary N) is 1. The molecule has 0 radical (unpaired) electrons. The second-order valence-electron chi connectivity index (χ2n) is 6.73. The van der Waals surface area contributed by atoms with E-state index in [-0.39, 0.29) is 18.3 Å². The first-order valence-corrected chi connectivity index (χ1v) is 9.89. The fourth-order valence-electron chi connectivity index (χ4n) is 2.86. The minimum atomic E-state index is -4.30. The lowest BCUT2D eigenvalue weighted by Crippen LogP contribution is -2.48. The molecule has 8 nitrogen and oxygen atoms in total. The van der Waals surface area contributed by atoms with Crippen molar-refractivity contribution in [3.63, 3.8) is 0 Å². The van der Waals surface area contributed by atoms with Crippen LogP contribution in [-0.2, 0) is 21.4 Å². The zero-order chi connectivity index (χ0) is 21.4. The Labute approximate surface area is 165 Å². The van der Waals surface area contributed by atoms with Crippen molar-refractivity contribution in [3.05, 3.63) is 59.7 Å². The van der Waals surface area contributed by atoms with E-state index >= 15 is 0 Å². The maximum Gasteiger partial charge on any atom is 0.258 e. The molecular weight excluding hydrogens is 406 g/mol. The molecule has 1 amide bonds. The molecule has 1 aliphatic rings. The van der Waals surface area contributed by atoms with Crippen LogP contribution in [0.3, 0.4) is 0 Å². The summed E-state index contributed by atoms with van der Waals surface area (Å²) >= 11 is 0. The summed E-state index contributed by atoms with van der Waals surface area (Å²) in [6.07, 6.45) is 0. The number of nitrogens with two attached hydrogens (primary N) is 1. The Morgan fingerprint density at radius 2 is 1.86 bits per heavy atom. The highest BCUT2D eigenvalue weighted by Crippen LogP contribution is 2.24. The van der Waals surface area contributed by atoms with Crippen molar-refractivity contribution in [3.8, 4) is 5.75 Å². The molecular formula is C18H18F2N4O4S. The predicted octanol–water partition coefficient (Wildman–Crippen LogP) is 1.06. The quantitative estimate of drug-likeness (QED) is 0.640. The number of rotatable bonds is 6. The number of halogens is 2. The van der Waals surface area contributed by atoms with E-state index < -0.39 is 44.5 Å². The Hall–Kier alpha value is -3.05. The second-order valence-corrected chi connectivity index (χ2v) is 8.50. The lowest BCUT2D eigenvalue weighted by molar-refractivity contribution is -0.130. The number of hydrogen-bond acceptors (Lipinski definition) is 6. The minimum absolute atomic E-state index is 0.0162. The van der Waals surface area contributed by atoms with Crippen molar-refractivity contribution in [1.82, 2.24) is 9.62 Å². The number of phenolic OH excluding ortho intramolecular Hbond substituents is 1. The van der Waals surface area contributed by atoms with E-state index in [0.717, 1.165) is 4.90 Å². The predicted molar refractivity (Wildman–Crippen MR) is 100 cm³/mol. The fraction of sp³-hybridized carbons (Fsp3) is 0.222. The Bertz CT molecular complexity index is 1090. The molecule has 4 N–H and O–H groups in total. The number of hydrogen-bond donors (Lipinski definition) is 3. The molecule has 29 heavy (non-hydrogen) atoms. The first kappa shape index (κ1) is 20.7. The molecule has 154 valence electrons. The van der Waals surface area contributed by atoms with Crippen molar-refractivity contribution >= 4 is 21.9 Å². The summed E-state index contributed by atoms with van der Waals surface area (Å²) in [5.41, 5.74) is 4.89. The molecule has 0 aromatic heterocycles. The molecule has 0 fully saturated rings. The number of guanidine groups is 1. The monoisotopic (exact) mass is 424 g/mol. The first-order valence-electron chi connectivity index (χ1n) is 8.41. The Balaban J connectivity index is 1.76. The van der Waals surface area contributed by atoms with Gasteiger partial charge in [-0.15, -0.1) is 0 Å². The number of phenols is 1. The smallest absolute Gasteiger partial charge is 0.258 e. The van der Waals surface area contributed by atoms with Crippen LogP contribution in [0.4, 0.5) is 8.78 Å². The maximum absolute atomic E-state index is 13.3. The number of nitrogens with zero attached hydrogens (tertiary/aromatic N) is 2. The van der Waals surface area contributed by atoms with Crippen molar-refractivity contribution in [2.24, 2.45) is 10.7 Å². The molecule has 2 aromatic carbocycles. The molecule has 11 heteroatoms. The van der Waals surface area contributed by atoms with Crippen LogP contribution < -0.4 is 10.5 Å². The molecule has 0 spiro atoms. The second kappa shape index (κ2) is 7.41. The molecule has 3 rings (SSSR count). The summed E-state index contributed by atoms with van der Waals surface area (Å²) in [7, 11) is -4.30. The SMILES string of the molecule is CC1(CNS(=O)(=O)c2cc(F)cc(F)c2)N=C(N)N(Cc2cccc(O)c2)C1=O. The summed E-state index contributed by atoms with van der Waals surface area (Å²) in [4.78, 5) is 17.4. The third-order valence-corrected chi connectivity index (χ3v) is 5.73. The fourth-order valence-corrected chi connectivity index (χ4v) is 4.04. The van der Waals surface area contributed by atoms with E-state index in [2.05, 4.69) is 9.71 Å². The van der Waals surface area contributed by atoms with Crippen LogP contribution in [0.5, 0.6) is 5.75 Å². The van der Waals surface area contributed by atoms with Crippen LogP contribution in [0.25, 0.3) is 0 Å². The minimum Gasteiger partial charge on any atom is -0.508 e. The third kappa shape index (κ3) is 4.35. The molecule has 1 atom stereocenters. The normalized spacial score (nSPS) is 19.5. The van der Waals surface area contributed by atoms with Crippen molar-refractivity contribution in [1.29, 1.82) is 0 Å². The van der Waals surface area contributed by atoms with Gasteiger partial charge < -0.3 is 10.8 Å². The number of aromatic hydroxyl groups is 1. The van der Waals surface area contributed by atoms with Crippen molar-refractivity contribution in [2.75, 3.05) is 6.54 Å². The van der Waals surface area contributed by atoms with E-state index in [4.69, 9.17) is 5.73 Å². The lowest BCUT2D eigenvalue weighted by atomic mass is 10.0. The van der Waals surface area contributed by atoms with Crippen LogP contribution >= 0.6 is 0 Å². The molecule has 0 saturated carbocycles. The van der Waals surface area contributed by atoms with Crippen molar-refractivity contribution < 1.29 is 27.1 Å². The zero-order valence-electron chi connectivity index (χ0n) is 15.3. The molecule has 0 saturated heterocycles. The van der Waals surface area contributed by atoms with E-state index in [1.54, 1.807) is 12.1 Å². The van der Waals surface area contributed by atoms with Gasteiger partial charge in [0, 0.05) is 12.6 Å². The lowest BCUT2D eigenvalue weighted by Gasteiger charge is -2.22. The average Bonchev–Trinajstić information content (AvgIpc) is 2.83. The highest BCUT2D eigenvalue weighted by Gasteiger charge is 2.44. The topological polar surface area (TPSA) is 125 Å². The summed E-state index contributed by atoms with van der Waals surface area (Å²) in [5, 5.41) is 9.55. The van der Waals surface area contributed by atoms with Gasteiger partial charge in [0.25, 0.3) is 5.91 Å². The van der Waals surface area contributed by atoms with Gasteiger partial charge in [-0.2, -0.15) is 0 Å². The van der Waals surface area contributed by atoms with Gasteiger partial charge in [0.05, 0.1) is 11.4 Å². The molecule has 1 unspecified atom stereocenters. The summed E-state index contributed by atoms with van der Waals surface area (Å²) in [5.74, 6) is -2.76. The Morgan fingerprint density at radius 3 is 2.48 bits per heavy atom. The molecule has 0 bridgehead atoms. The van der Waals surface area contributed by atoms with Gasteiger partial charge in [-0.3, -0.25) is 9.69 Å². The number of amides is 1. The van der Waals surface area contributed by atoms with Crippen LogP contribution in [0.1, 0.15) is 12.5 Å². The average molecular weight is 424 g/mol. The summed E-state index contributed by atoms with van der Waals surface area (Å²) < 4.78 is 53.5. The summed E-state index contributed by atoms with van der Waals surface area (Å²) in [6.45, 7) is 0.947. The molecule has 0 aliphatic carbocycles. The van der Waals surface area contributed by atoms with Crippen LogP contribution in [0.2, 0.25) is 0 Å². The Kier molecular flexibility index (Phi) is 5.28. The zero-order valence-corrected chi connectivity index (χ0v) is 16.1. The van der Waals surface area contributed by atoms with Gasteiger partial charge in [0.2, 0.25) is 10.0 Å². The number of aliphatic imine (C=N–C) groups is 1. The van der Waals surface area contributed by atoms with Gasteiger partial charge in [-0.1, -0.05) is 12.1 Å². The molecule has 1 heterocycles. The van der Waals surface area contributed by atoms with E-state index in [1.165, 1.54) is 19.1 Å². The maximum atomic E-state index is 13.3. The van der Waals surface area contributed by atoms with Crippen LogP contribution in [0, 0.1) is 11.6 Å². The summed E-state index contributed by atoms with van der Waals surface area (Å²) in [6, 6.07) is 8.08. The van der Waals surface area contributed by atoms with Gasteiger partial charge in [0.15, 0.2) is 11.5 Å². The van der Waals surface area contributed by atoms with Gasteiger partial charge in [-0.25, -0.2) is 26.9 Å². The van der Waals surface area contributed by atoms with Crippen molar-refractivity contribution in [2.45, 2.75) is 23.9 Å².